The van der Waals surface area contributed by atoms with Gasteiger partial charge in [-0.1, -0.05) is 32.1 Å². The van der Waals surface area contributed by atoms with Crippen molar-refractivity contribution in [1.29, 1.82) is 0 Å². The van der Waals surface area contributed by atoms with E-state index in [-0.39, 0.29) is 18.1 Å². The molecule has 3 aromatic rings. The van der Waals surface area contributed by atoms with E-state index in [4.69, 9.17) is 0 Å². The molecule has 2 N–H and O–H groups in total. The molecule has 1 aliphatic carbocycles. The summed E-state index contributed by atoms with van der Waals surface area (Å²) in [6.45, 7) is 0. The van der Waals surface area contributed by atoms with Crippen molar-refractivity contribution in [3.63, 3.8) is 0 Å². The fourth-order valence-corrected chi connectivity index (χ4v) is 3.78. The fourth-order valence-electron chi connectivity index (χ4n) is 3.78. The lowest BCUT2D eigenvalue weighted by Crippen LogP contribution is -2.15. The van der Waals surface area contributed by atoms with E-state index in [2.05, 4.69) is 20.6 Å². The van der Waals surface area contributed by atoms with Gasteiger partial charge in [0.2, 0.25) is 5.91 Å². The third kappa shape index (κ3) is 4.65. The predicted octanol–water partition coefficient (Wildman–Crippen LogP) is 4.04. The van der Waals surface area contributed by atoms with E-state index in [1.54, 1.807) is 29.1 Å². The number of nitrogens with zero attached hydrogens (tertiary/aromatic N) is 3. The minimum Gasteiger partial charge on any atom is -0.309 e. The van der Waals surface area contributed by atoms with Crippen LogP contribution >= 0.6 is 0 Å². The normalized spacial score (nSPS) is 14.9. The second kappa shape index (κ2) is 8.37. The first-order valence-electron chi connectivity index (χ1n) is 9.80. The van der Waals surface area contributed by atoms with Crippen molar-refractivity contribution in [3.8, 4) is 5.69 Å². The third-order valence-corrected chi connectivity index (χ3v) is 5.21. The minimum atomic E-state index is -0.294. The van der Waals surface area contributed by atoms with Gasteiger partial charge in [-0.15, -0.1) is 0 Å². The van der Waals surface area contributed by atoms with Crippen LogP contribution in [0.25, 0.3) is 5.69 Å². The predicted molar refractivity (Wildman–Crippen MR) is 105 cm³/mol. The van der Waals surface area contributed by atoms with Gasteiger partial charge in [0.15, 0.2) is 5.82 Å². The lowest BCUT2D eigenvalue weighted by atomic mass is 9.86. The van der Waals surface area contributed by atoms with E-state index in [1.165, 1.54) is 44.2 Å². The van der Waals surface area contributed by atoms with Crippen LogP contribution in [-0.4, -0.2) is 25.9 Å². The molecule has 0 radical (unpaired) electrons. The zero-order valence-corrected chi connectivity index (χ0v) is 15.7. The van der Waals surface area contributed by atoms with Crippen LogP contribution in [0.15, 0.2) is 42.6 Å². The summed E-state index contributed by atoms with van der Waals surface area (Å²) < 4.78 is 14.7. The van der Waals surface area contributed by atoms with Crippen molar-refractivity contribution in [2.75, 3.05) is 5.32 Å². The number of halogens is 1. The first-order chi connectivity index (χ1) is 13.7. The summed E-state index contributed by atoms with van der Waals surface area (Å²) >= 11 is 0. The SMILES string of the molecule is O=C(Cc1ccn(-c2ccc(F)cc2)n1)Nc1cc(CC2CCCCC2)[nH]n1. The van der Waals surface area contributed by atoms with E-state index < -0.39 is 0 Å². The molecule has 1 aromatic carbocycles. The van der Waals surface area contributed by atoms with Crippen LogP contribution in [0.5, 0.6) is 0 Å². The average Bonchev–Trinajstić information content (AvgIpc) is 3.33. The van der Waals surface area contributed by atoms with E-state index in [0.717, 1.165) is 17.8 Å². The van der Waals surface area contributed by atoms with Crippen molar-refractivity contribution in [2.24, 2.45) is 5.92 Å². The lowest BCUT2D eigenvalue weighted by molar-refractivity contribution is -0.115. The van der Waals surface area contributed by atoms with Crippen molar-refractivity contribution >= 4 is 11.7 Å². The van der Waals surface area contributed by atoms with Crippen molar-refractivity contribution in [2.45, 2.75) is 44.9 Å². The summed E-state index contributed by atoms with van der Waals surface area (Å²) in [6.07, 6.45) is 9.42. The lowest BCUT2D eigenvalue weighted by Gasteiger charge is -2.20. The van der Waals surface area contributed by atoms with Crippen LogP contribution in [0.4, 0.5) is 10.2 Å². The number of anilines is 1. The molecule has 0 unspecified atom stereocenters. The highest BCUT2D eigenvalue weighted by molar-refractivity contribution is 5.91. The Kier molecular flexibility index (Phi) is 5.50. The average molecular weight is 381 g/mol. The molecule has 1 aliphatic rings. The van der Waals surface area contributed by atoms with Gasteiger partial charge in [-0.25, -0.2) is 9.07 Å². The highest BCUT2D eigenvalue weighted by Crippen LogP contribution is 2.26. The quantitative estimate of drug-likeness (QED) is 0.677. The van der Waals surface area contributed by atoms with Crippen molar-refractivity contribution in [1.82, 2.24) is 20.0 Å². The van der Waals surface area contributed by atoms with Crippen LogP contribution in [0, 0.1) is 11.7 Å². The summed E-state index contributed by atoms with van der Waals surface area (Å²) in [4.78, 5) is 12.3. The number of hydrogen-bond acceptors (Lipinski definition) is 3. The fraction of sp³-hybridized carbons (Fsp3) is 0.381. The largest absolute Gasteiger partial charge is 0.309 e. The molecule has 0 spiro atoms. The summed E-state index contributed by atoms with van der Waals surface area (Å²) in [5.74, 6) is 0.805. The maximum Gasteiger partial charge on any atom is 0.231 e. The third-order valence-electron chi connectivity index (χ3n) is 5.21. The maximum atomic E-state index is 13.0. The number of H-pyrrole nitrogens is 1. The van der Waals surface area contributed by atoms with E-state index >= 15 is 0 Å². The number of rotatable bonds is 6. The Bertz CT molecular complexity index is 924. The second-order valence-electron chi connectivity index (χ2n) is 7.44. The van der Waals surface area contributed by atoms with Crippen LogP contribution < -0.4 is 5.32 Å². The first kappa shape index (κ1) is 18.4. The molecule has 0 aliphatic heterocycles. The molecule has 7 heteroatoms. The molecule has 0 saturated heterocycles. The molecule has 1 amide bonds. The highest BCUT2D eigenvalue weighted by Gasteiger charge is 2.16. The number of carbonyl (C=O) groups is 1. The Labute approximate surface area is 163 Å². The minimum absolute atomic E-state index is 0.152. The monoisotopic (exact) mass is 381 g/mol. The number of benzene rings is 1. The van der Waals surface area contributed by atoms with Gasteiger partial charge in [0, 0.05) is 18.0 Å². The van der Waals surface area contributed by atoms with Gasteiger partial charge in [-0.3, -0.25) is 9.89 Å². The van der Waals surface area contributed by atoms with Gasteiger partial charge < -0.3 is 5.32 Å². The maximum absolute atomic E-state index is 13.0. The smallest absolute Gasteiger partial charge is 0.231 e. The molecule has 6 nitrogen and oxygen atoms in total. The molecule has 1 fully saturated rings. The molecule has 2 heterocycles. The van der Waals surface area contributed by atoms with E-state index in [1.807, 2.05) is 6.07 Å². The van der Waals surface area contributed by atoms with E-state index in [9.17, 15) is 9.18 Å². The molecule has 1 saturated carbocycles. The van der Waals surface area contributed by atoms with Gasteiger partial charge in [0.1, 0.15) is 5.82 Å². The zero-order chi connectivity index (χ0) is 19.3. The Balaban J connectivity index is 1.31. The Morgan fingerprint density at radius 2 is 1.96 bits per heavy atom. The molecule has 2 aromatic heterocycles. The molecule has 4 rings (SSSR count). The number of aromatic nitrogens is 4. The molecule has 28 heavy (non-hydrogen) atoms. The van der Waals surface area contributed by atoms with Gasteiger partial charge in [0.05, 0.1) is 17.8 Å². The van der Waals surface area contributed by atoms with Gasteiger partial charge in [-0.05, 0) is 42.7 Å². The van der Waals surface area contributed by atoms with Gasteiger partial charge in [0.25, 0.3) is 0 Å². The number of amides is 1. The second-order valence-corrected chi connectivity index (χ2v) is 7.44. The Hall–Kier alpha value is -2.96. The number of aromatic amines is 1. The van der Waals surface area contributed by atoms with Crippen LogP contribution in [0.3, 0.4) is 0 Å². The molecular weight excluding hydrogens is 357 g/mol. The summed E-state index contributed by atoms with van der Waals surface area (Å²) in [6, 6.07) is 9.75. The topological polar surface area (TPSA) is 75.6 Å². The Morgan fingerprint density at radius 3 is 2.75 bits per heavy atom. The number of hydrogen-bond donors (Lipinski definition) is 2. The van der Waals surface area contributed by atoms with Crippen molar-refractivity contribution < 1.29 is 9.18 Å². The number of carbonyl (C=O) groups excluding carboxylic acids is 1. The summed E-state index contributed by atoms with van der Waals surface area (Å²) in [5, 5.41) is 14.4. The molecule has 146 valence electrons. The zero-order valence-electron chi connectivity index (χ0n) is 15.7. The number of nitrogens with one attached hydrogen (secondary N) is 2. The van der Waals surface area contributed by atoms with Crippen LogP contribution in [-0.2, 0) is 17.6 Å². The van der Waals surface area contributed by atoms with E-state index in [0.29, 0.717) is 17.4 Å². The molecule has 0 bridgehead atoms. The van der Waals surface area contributed by atoms with Crippen LogP contribution in [0.2, 0.25) is 0 Å². The summed E-state index contributed by atoms with van der Waals surface area (Å²) in [7, 11) is 0. The van der Waals surface area contributed by atoms with Crippen LogP contribution in [0.1, 0.15) is 43.5 Å². The highest BCUT2D eigenvalue weighted by atomic mass is 19.1. The van der Waals surface area contributed by atoms with Gasteiger partial charge in [-0.2, -0.15) is 10.2 Å². The Morgan fingerprint density at radius 1 is 1.18 bits per heavy atom. The standard InChI is InChI=1S/C21H24FN5O/c22-16-6-8-19(9-7-16)27-11-10-17(26-27)14-21(28)23-20-13-18(24-25-20)12-15-4-2-1-3-5-15/h6-11,13,15H,1-5,12,14H2,(H2,23,24,25,28). The molecule has 0 atom stereocenters. The summed E-state index contributed by atoms with van der Waals surface area (Å²) in [5.41, 5.74) is 2.45. The van der Waals surface area contributed by atoms with Gasteiger partial charge >= 0.3 is 0 Å². The first-order valence-corrected chi connectivity index (χ1v) is 9.80. The molecular formula is C21H24FN5O. The van der Waals surface area contributed by atoms with Crippen molar-refractivity contribution in [3.05, 3.63) is 59.8 Å².